The van der Waals surface area contributed by atoms with Gasteiger partial charge in [0.25, 0.3) is 0 Å². The second-order valence-electron chi connectivity index (χ2n) is 11.6. The van der Waals surface area contributed by atoms with Crippen molar-refractivity contribution in [2.24, 2.45) is 5.92 Å². The number of rotatable bonds is 2. The van der Waals surface area contributed by atoms with Crippen molar-refractivity contribution in [2.75, 3.05) is 11.4 Å². The van der Waals surface area contributed by atoms with Gasteiger partial charge in [-0.3, -0.25) is 9.69 Å². The molecule has 1 amide bonds. The largest absolute Gasteiger partial charge is 0.472 e. The number of anilines is 1. The van der Waals surface area contributed by atoms with Gasteiger partial charge >= 0.3 is 6.09 Å². The van der Waals surface area contributed by atoms with Crippen LogP contribution < -0.4 is 9.64 Å². The Morgan fingerprint density at radius 2 is 1.97 bits per heavy atom. The number of halogens is 2. The van der Waals surface area contributed by atoms with Gasteiger partial charge in [-0.25, -0.2) is 14.2 Å². The predicted octanol–water partition coefficient (Wildman–Crippen LogP) is 5.06. The third-order valence-electron chi connectivity index (χ3n) is 8.25. The molecular weight excluding hydrogens is 487 g/mol. The minimum atomic E-state index is -0.693. The summed E-state index contributed by atoms with van der Waals surface area (Å²) in [6.45, 7) is 9.70. The Bertz CT molecular complexity index is 1310. The minimum absolute atomic E-state index is 0.153. The molecule has 6 rings (SSSR count). The molecule has 2 aromatic heterocycles. The van der Waals surface area contributed by atoms with Gasteiger partial charge in [-0.2, -0.15) is 4.98 Å². The fourth-order valence-electron chi connectivity index (χ4n) is 6.73. The molecule has 3 aliphatic heterocycles. The van der Waals surface area contributed by atoms with Crippen LogP contribution in [0, 0.1) is 18.7 Å². The Balaban J connectivity index is 1.57. The fraction of sp³-hybridized carbons (Fsp3) is 0.615. The lowest BCUT2D eigenvalue weighted by molar-refractivity contribution is -0.0261. The van der Waals surface area contributed by atoms with Gasteiger partial charge in [-0.1, -0.05) is 11.6 Å². The summed E-state index contributed by atoms with van der Waals surface area (Å²) < 4.78 is 27.6. The van der Waals surface area contributed by atoms with E-state index in [1.807, 2.05) is 32.6 Å². The number of piperazine rings is 1. The number of pyridine rings is 2. The Hall–Kier alpha value is -2.68. The molecule has 2 bridgehead atoms. The molecule has 1 saturated carbocycles. The number of hydrogen-bond donors (Lipinski definition) is 0. The molecular formula is C26H30ClFN4O4. The van der Waals surface area contributed by atoms with Crippen LogP contribution in [0.1, 0.15) is 69.4 Å². The summed E-state index contributed by atoms with van der Waals surface area (Å²) >= 11 is 6.17. The zero-order chi connectivity index (χ0) is 25.7. The summed E-state index contributed by atoms with van der Waals surface area (Å²) in [4.78, 5) is 38.7. The second kappa shape index (κ2) is 7.66. The first-order chi connectivity index (χ1) is 17.0. The zero-order valence-electron chi connectivity index (χ0n) is 21.1. The first kappa shape index (κ1) is 23.7. The average molecular weight is 517 g/mol. The van der Waals surface area contributed by atoms with Crippen LogP contribution in [0.5, 0.6) is 5.88 Å². The fourth-order valence-corrected chi connectivity index (χ4v) is 6.91. The molecule has 0 aromatic carbocycles. The summed E-state index contributed by atoms with van der Waals surface area (Å²) in [5, 5.41) is 0.311. The van der Waals surface area contributed by atoms with Gasteiger partial charge in [0.15, 0.2) is 17.3 Å². The van der Waals surface area contributed by atoms with Gasteiger partial charge in [0.05, 0.1) is 23.0 Å². The molecule has 0 unspecified atom stereocenters. The van der Waals surface area contributed by atoms with Crippen molar-refractivity contribution in [3.63, 3.8) is 0 Å². The average Bonchev–Trinajstić information content (AvgIpc) is 3.61. The number of ether oxygens (including phenoxy) is 2. The first-order valence-corrected chi connectivity index (χ1v) is 12.9. The van der Waals surface area contributed by atoms with Crippen LogP contribution in [0.25, 0.3) is 10.8 Å². The van der Waals surface area contributed by atoms with Gasteiger partial charge in [0.1, 0.15) is 23.2 Å². The number of aromatic nitrogens is 2. The number of aldehydes is 1. The third-order valence-corrected chi connectivity index (χ3v) is 8.50. The number of carbonyl (C=O) groups is 2. The van der Waals surface area contributed by atoms with Crippen LogP contribution in [0.15, 0.2) is 0 Å². The Labute approximate surface area is 214 Å². The highest BCUT2D eigenvalue weighted by molar-refractivity contribution is 6.30. The lowest BCUT2D eigenvalue weighted by Gasteiger charge is -2.54. The van der Waals surface area contributed by atoms with Crippen LogP contribution in [0.2, 0.25) is 5.15 Å². The normalized spacial score (nSPS) is 29.0. The molecule has 0 radical (unpaired) electrons. The van der Waals surface area contributed by atoms with Crippen molar-refractivity contribution < 1.29 is 23.5 Å². The molecule has 4 aliphatic rings. The van der Waals surface area contributed by atoms with Crippen molar-refractivity contribution in [2.45, 2.75) is 89.6 Å². The van der Waals surface area contributed by atoms with Crippen molar-refractivity contribution in [1.29, 1.82) is 0 Å². The highest BCUT2D eigenvalue weighted by Crippen LogP contribution is 2.57. The standard InChI is InChI=1S/C26H30ClFN4O4/c1-12-15(10-33)29-22-18-17(12)19(28)21(27)30-23(18)35-13(2)20-16-8-9-26(11-31(20)22,14-6-7-14)32(16)24(34)36-25(3,4)5/h10,13-14,16,20H,6-9,11H2,1-5H3/t13-,16-,20+,26+/m0/s1. The molecule has 0 N–H and O–H groups in total. The van der Waals surface area contributed by atoms with Crippen LogP contribution in [0.3, 0.4) is 0 Å². The molecule has 2 aromatic rings. The summed E-state index contributed by atoms with van der Waals surface area (Å²) in [5.41, 5.74) is -0.497. The van der Waals surface area contributed by atoms with Gasteiger partial charge in [-0.15, -0.1) is 0 Å². The van der Waals surface area contributed by atoms with Crippen molar-refractivity contribution >= 4 is 40.6 Å². The predicted molar refractivity (Wildman–Crippen MR) is 132 cm³/mol. The van der Waals surface area contributed by atoms with E-state index >= 15 is 4.39 Å². The summed E-state index contributed by atoms with van der Waals surface area (Å²) in [5.74, 6) is 0.315. The lowest BCUT2D eigenvalue weighted by atomic mass is 9.87. The number of amides is 1. The number of carbonyl (C=O) groups excluding carboxylic acids is 2. The second-order valence-corrected chi connectivity index (χ2v) is 12.0. The lowest BCUT2D eigenvalue weighted by Crippen LogP contribution is -2.71. The van der Waals surface area contributed by atoms with E-state index in [2.05, 4.69) is 9.88 Å². The van der Waals surface area contributed by atoms with Crippen LogP contribution in [-0.4, -0.2) is 63.1 Å². The van der Waals surface area contributed by atoms with E-state index in [-0.39, 0.29) is 40.3 Å². The molecule has 4 atom stereocenters. The third kappa shape index (κ3) is 3.24. The highest BCUT2D eigenvalue weighted by Gasteiger charge is 2.65. The Kier molecular flexibility index (Phi) is 5.05. The molecule has 0 spiro atoms. The molecule has 192 valence electrons. The van der Waals surface area contributed by atoms with Crippen molar-refractivity contribution in [3.8, 4) is 5.88 Å². The van der Waals surface area contributed by atoms with E-state index in [4.69, 9.17) is 26.1 Å². The van der Waals surface area contributed by atoms with E-state index in [0.717, 1.165) is 25.7 Å². The number of nitrogens with zero attached hydrogens (tertiary/aromatic N) is 4. The van der Waals surface area contributed by atoms with Gasteiger partial charge in [0.2, 0.25) is 5.88 Å². The summed E-state index contributed by atoms with van der Waals surface area (Å²) in [7, 11) is 0. The van der Waals surface area contributed by atoms with Gasteiger partial charge in [-0.05, 0) is 71.8 Å². The molecule has 3 fully saturated rings. The highest BCUT2D eigenvalue weighted by atomic mass is 35.5. The van der Waals surface area contributed by atoms with E-state index < -0.39 is 23.1 Å². The monoisotopic (exact) mass is 516 g/mol. The van der Waals surface area contributed by atoms with Crippen molar-refractivity contribution in [3.05, 3.63) is 22.2 Å². The summed E-state index contributed by atoms with van der Waals surface area (Å²) in [6, 6.07) is -0.488. The number of aryl methyl sites for hydroxylation is 1. The first-order valence-electron chi connectivity index (χ1n) is 12.6. The Morgan fingerprint density at radius 3 is 2.61 bits per heavy atom. The van der Waals surface area contributed by atoms with Crippen molar-refractivity contribution in [1.82, 2.24) is 14.9 Å². The molecule has 5 heterocycles. The maximum atomic E-state index is 15.4. The van der Waals surface area contributed by atoms with E-state index in [9.17, 15) is 9.59 Å². The smallest absolute Gasteiger partial charge is 0.411 e. The minimum Gasteiger partial charge on any atom is -0.472 e. The van der Waals surface area contributed by atoms with E-state index in [1.54, 1.807) is 6.92 Å². The van der Waals surface area contributed by atoms with Gasteiger partial charge < -0.3 is 14.4 Å². The van der Waals surface area contributed by atoms with Crippen LogP contribution in [0.4, 0.5) is 15.0 Å². The quantitative estimate of drug-likeness (QED) is 0.407. The zero-order valence-corrected chi connectivity index (χ0v) is 21.9. The topological polar surface area (TPSA) is 84.9 Å². The van der Waals surface area contributed by atoms with Crippen LogP contribution >= 0.6 is 11.6 Å². The van der Waals surface area contributed by atoms with Crippen LogP contribution in [-0.2, 0) is 4.74 Å². The Morgan fingerprint density at radius 1 is 1.25 bits per heavy atom. The van der Waals surface area contributed by atoms with E-state index in [1.165, 1.54) is 0 Å². The maximum Gasteiger partial charge on any atom is 0.411 e. The molecule has 8 nitrogen and oxygen atoms in total. The van der Waals surface area contributed by atoms with E-state index in [0.29, 0.717) is 35.5 Å². The summed E-state index contributed by atoms with van der Waals surface area (Å²) in [6.07, 6.45) is 3.63. The molecule has 1 aliphatic carbocycles. The molecule has 2 saturated heterocycles. The SMILES string of the molecule is Cc1c(C=O)nc2c3c(nc(Cl)c(F)c13)O[C@@H](C)[C@@H]1[C@@H]3CC[C@](C4CC4)(CN21)N3C(=O)OC(C)(C)C. The number of fused-ring (bicyclic) bond motifs is 5. The molecule has 10 heteroatoms. The maximum absolute atomic E-state index is 15.4. The molecule has 36 heavy (non-hydrogen) atoms. The van der Waals surface area contributed by atoms with Gasteiger partial charge in [0, 0.05) is 11.9 Å². The number of hydrogen-bond acceptors (Lipinski definition) is 7.